The maximum Gasteiger partial charge on any atom is 0.222 e. The van der Waals surface area contributed by atoms with Crippen molar-refractivity contribution < 1.29 is 9.47 Å². The molecule has 0 radical (unpaired) electrons. The highest BCUT2D eigenvalue weighted by Crippen LogP contribution is 2.30. The number of hydrogen-bond acceptors (Lipinski definition) is 8. The average molecular weight is 419 g/mol. The van der Waals surface area contributed by atoms with Crippen molar-refractivity contribution in [2.24, 2.45) is 7.05 Å². The van der Waals surface area contributed by atoms with E-state index < -0.39 is 0 Å². The number of ether oxygens (including phenoxy) is 2. The van der Waals surface area contributed by atoms with E-state index in [-0.39, 0.29) is 0 Å². The highest BCUT2D eigenvalue weighted by molar-refractivity contribution is 5.91. The van der Waals surface area contributed by atoms with Gasteiger partial charge in [-0.3, -0.25) is 4.68 Å². The summed E-state index contributed by atoms with van der Waals surface area (Å²) in [5, 5.41) is 11.6. The molecular weight excluding hydrogens is 394 g/mol. The van der Waals surface area contributed by atoms with Gasteiger partial charge in [-0.25, -0.2) is 15.0 Å². The lowest BCUT2D eigenvalue weighted by atomic mass is 10.2. The summed E-state index contributed by atoms with van der Waals surface area (Å²) in [5.74, 6) is 3.24. The number of likely N-dealkylation sites (N-methyl/N-ethyl adjacent to an activating group) is 1. The summed E-state index contributed by atoms with van der Waals surface area (Å²) in [6, 6.07) is 9.45. The number of fused-ring (bicyclic) bond motifs is 1. The third-order valence-electron chi connectivity index (χ3n) is 4.58. The van der Waals surface area contributed by atoms with Gasteiger partial charge in [0.05, 0.1) is 11.7 Å². The summed E-state index contributed by atoms with van der Waals surface area (Å²) in [5.41, 5.74) is 1.69. The van der Waals surface area contributed by atoms with E-state index in [9.17, 15) is 0 Å². The van der Waals surface area contributed by atoms with Crippen LogP contribution in [0.5, 0.6) is 17.4 Å². The molecule has 0 bridgehead atoms. The predicted molar refractivity (Wildman–Crippen MR) is 119 cm³/mol. The molecule has 4 aromatic rings. The minimum absolute atomic E-state index is 0.523. The first-order valence-corrected chi connectivity index (χ1v) is 10.1. The molecule has 0 saturated heterocycles. The van der Waals surface area contributed by atoms with Gasteiger partial charge < -0.3 is 20.1 Å². The van der Waals surface area contributed by atoms with Crippen LogP contribution >= 0.6 is 0 Å². The number of aromatic nitrogens is 5. The SMILES string of the molecule is CCNCCOc1cnc(Oc2ccc3ncnc(Nc4ccn(C)n4)c3c2)c(C)c1. The Morgan fingerprint density at radius 1 is 1.06 bits per heavy atom. The lowest BCUT2D eigenvalue weighted by Crippen LogP contribution is -2.20. The summed E-state index contributed by atoms with van der Waals surface area (Å²) in [7, 11) is 1.86. The van der Waals surface area contributed by atoms with Gasteiger partial charge in [-0.15, -0.1) is 0 Å². The number of aryl methyl sites for hydroxylation is 2. The number of hydrogen-bond donors (Lipinski definition) is 2. The number of nitrogens with one attached hydrogen (secondary N) is 2. The Balaban J connectivity index is 1.52. The van der Waals surface area contributed by atoms with E-state index in [0.29, 0.717) is 29.9 Å². The normalized spacial score (nSPS) is 10.9. The standard InChI is InChI=1S/C22H25N7O2/c1-4-23-8-10-30-17-11-15(2)22(24-13-17)31-16-5-6-19-18(12-16)21(26-14-25-19)27-20-7-9-29(3)28-20/h5-7,9,11-14,23H,4,8,10H2,1-3H3,(H,25,26,27,28). The van der Waals surface area contributed by atoms with Crippen LogP contribution in [0.1, 0.15) is 12.5 Å². The summed E-state index contributed by atoms with van der Waals surface area (Å²) in [6.45, 7) is 6.31. The Labute approximate surface area is 180 Å². The zero-order valence-electron chi connectivity index (χ0n) is 17.8. The monoisotopic (exact) mass is 419 g/mol. The number of pyridine rings is 1. The molecule has 0 spiro atoms. The summed E-state index contributed by atoms with van der Waals surface area (Å²) in [6.07, 6.45) is 5.06. The molecule has 4 rings (SSSR count). The first-order chi connectivity index (χ1) is 15.1. The van der Waals surface area contributed by atoms with E-state index in [2.05, 4.69) is 37.6 Å². The molecule has 0 aliphatic carbocycles. The zero-order chi connectivity index (χ0) is 21.6. The zero-order valence-corrected chi connectivity index (χ0v) is 17.8. The second-order valence-electron chi connectivity index (χ2n) is 7.00. The van der Waals surface area contributed by atoms with Crippen LogP contribution in [0.15, 0.2) is 49.1 Å². The third kappa shape index (κ3) is 5.07. The van der Waals surface area contributed by atoms with Crippen LogP contribution < -0.4 is 20.1 Å². The van der Waals surface area contributed by atoms with Crippen LogP contribution in [0, 0.1) is 6.92 Å². The van der Waals surface area contributed by atoms with Gasteiger partial charge in [0.15, 0.2) is 5.82 Å². The Morgan fingerprint density at radius 3 is 2.74 bits per heavy atom. The first-order valence-electron chi connectivity index (χ1n) is 10.1. The molecular formula is C22H25N7O2. The molecule has 160 valence electrons. The van der Waals surface area contributed by atoms with Gasteiger partial charge >= 0.3 is 0 Å². The molecule has 0 saturated carbocycles. The maximum absolute atomic E-state index is 6.04. The number of nitrogens with zero attached hydrogens (tertiary/aromatic N) is 5. The molecule has 0 aliphatic rings. The fourth-order valence-corrected chi connectivity index (χ4v) is 3.05. The van der Waals surface area contributed by atoms with Gasteiger partial charge in [0.1, 0.15) is 30.3 Å². The predicted octanol–water partition coefficient (Wildman–Crippen LogP) is 3.59. The minimum Gasteiger partial charge on any atom is -0.491 e. The van der Waals surface area contributed by atoms with Gasteiger partial charge in [-0.05, 0) is 37.7 Å². The topological polar surface area (TPSA) is 99.0 Å². The van der Waals surface area contributed by atoms with Crippen LogP contribution in [0.2, 0.25) is 0 Å². The van der Waals surface area contributed by atoms with Gasteiger partial charge in [0.2, 0.25) is 5.88 Å². The van der Waals surface area contributed by atoms with Crippen molar-refractivity contribution in [3.63, 3.8) is 0 Å². The highest BCUT2D eigenvalue weighted by atomic mass is 16.5. The summed E-state index contributed by atoms with van der Waals surface area (Å²) < 4.78 is 13.5. The van der Waals surface area contributed by atoms with Crippen molar-refractivity contribution in [2.75, 3.05) is 25.0 Å². The van der Waals surface area contributed by atoms with E-state index in [1.807, 2.05) is 50.5 Å². The van der Waals surface area contributed by atoms with Crippen molar-refractivity contribution in [1.82, 2.24) is 30.0 Å². The minimum atomic E-state index is 0.523. The average Bonchev–Trinajstić information content (AvgIpc) is 3.18. The van der Waals surface area contributed by atoms with Crippen molar-refractivity contribution >= 4 is 22.5 Å². The van der Waals surface area contributed by atoms with Crippen LogP contribution in [0.4, 0.5) is 11.6 Å². The van der Waals surface area contributed by atoms with Crippen LogP contribution in [-0.2, 0) is 7.05 Å². The lowest BCUT2D eigenvalue weighted by molar-refractivity contribution is 0.313. The molecule has 0 fully saturated rings. The first kappa shape index (κ1) is 20.5. The molecule has 3 aromatic heterocycles. The molecule has 0 atom stereocenters. The highest BCUT2D eigenvalue weighted by Gasteiger charge is 2.10. The van der Waals surface area contributed by atoms with E-state index in [1.54, 1.807) is 10.9 Å². The largest absolute Gasteiger partial charge is 0.491 e. The molecule has 1 aromatic carbocycles. The smallest absolute Gasteiger partial charge is 0.222 e. The molecule has 9 nitrogen and oxygen atoms in total. The van der Waals surface area contributed by atoms with E-state index in [4.69, 9.17) is 9.47 Å². The number of rotatable bonds is 9. The van der Waals surface area contributed by atoms with E-state index >= 15 is 0 Å². The van der Waals surface area contributed by atoms with Gasteiger partial charge in [-0.1, -0.05) is 6.92 Å². The van der Waals surface area contributed by atoms with E-state index in [0.717, 1.165) is 35.3 Å². The van der Waals surface area contributed by atoms with Gasteiger partial charge in [0, 0.05) is 36.8 Å². The van der Waals surface area contributed by atoms with Gasteiger partial charge in [0.25, 0.3) is 0 Å². The van der Waals surface area contributed by atoms with Crippen molar-refractivity contribution in [2.45, 2.75) is 13.8 Å². The Kier molecular flexibility index (Phi) is 6.23. The molecule has 2 N–H and O–H groups in total. The quantitative estimate of drug-likeness (QED) is 0.397. The lowest BCUT2D eigenvalue weighted by Gasteiger charge is -2.12. The van der Waals surface area contributed by atoms with Crippen LogP contribution in [0.3, 0.4) is 0 Å². The van der Waals surface area contributed by atoms with Gasteiger partial charge in [-0.2, -0.15) is 5.10 Å². The van der Waals surface area contributed by atoms with Crippen LogP contribution in [-0.4, -0.2) is 44.4 Å². The number of anilines is 2. The Morgan fingerprint density at radius 2 is 1.97 bits per heavy atom. The molecule has 3 heterocycles. The molecule has 0 amide bonds. The molecule has 31 heavy (non-hydrogen) atoms. The number of benzene rings is 1. The third-order valence-corrected chi connectivity index (χ3v) is 4.58. The van der Waals surface area contributed by atoms with Crippen molar-refractivity contribution in [1.29, 1.82) is 0 Å². The van der Waals surface area contributed by atoms with E-state index in [1.165, 1.54) is 6.33 Å². The Bertz CT molecular complexity index is 1180. The molecule has 0 aliphatic heterocycles. The fraction of sp³-hybridized carbons (Fsp3) is 0.273. The second-order valence-corrected chi connectivity index (χ2v) is 7.00. The summed E-state index contributed by atoms with van der Waals surface area (Å²) >= 11 is 0. The molecule has 9 heteroatoms. The second kappa shape index (κ2) is 9.40. The molecule has 0 unspecified atom stereocenters. The Hall–Kier alpha value is -3.72. The van der Waals surface area contributed by atoms with Crippen LogP contribution in [0.25, 0.3) is 10.9 Å². The fourth-order valence-electron chi connectivity index (χ4n) is 3.05. The van der Waals surface area contributed by atoms with Crippen molar-refractivity contribution in [3.8, 4) is 17.4 Å². The summed E-state index contributed by atoms with van der Waals surface area (Å²) in [4.78, 5) is 13.1. The maximum atomic E-state index is 6.04. The van der Waals surface area contributed by atoms with Crippen molar-refractivity contribution in [3.05, 3.63) is 54.6 Å².